The Balaban J connectivity index is 1.94. The average molecular weight is 458 g/mol. The number of fused-ring (bicyclic) bond motifs is 1. The molecule has 0 N–H and O–H groups in total. The maximum Gasteiger partial charge on any atom is 0.457 e. The fraction of sp³-hybridized carbons (Fsp3) is 0.625. The molecule has 2 aromatic heterocycles. The molecular weight excluding hydrogens is 423 g/mol. The molecule has 3 rings (SSSR count). The van der Waals surface area contributed by atoms with Gasteiger partial charge in [-0.05, 0) is 80.3 Å². The van der Waals surface area contributed by atoms with Crippen molar-refractivity contribution in [3.63, 3.8) is 0 Å². The molecular formula is C24H35BN2O6. The minimum Gasteiger partial charge on any atom is -0.461 e. The third-order valence-electron chi connectivity index (χ3n) is 6.04. The van der Waals surface area contributed by atoms with Crippen LogP contribution >= 0.6 is 0 Å². The van der Waals surface area contributed by atoms with Crippen LogP contribution in [0.1, 0.15) is 77.9 Å². The van der Waals surface area contributed by atoms with Gasteiger partial charge in [0.2, 0.25) is 0 Å². The van der Waals surface area contributed by atoms with Gasteiger partial charge < -0.3 is 18.8 Å². The highest BCUT2D eigenvalue weighted by atomic mass is 16.7. The van der Waals surface area contributed by atoms with Crippen molar-refractivity contribution in [3.8, 4) is 0 Å². The first-order valence-corrected chi connectivity index (χ1v) is 11.5. The second-order valence-electron chi connectivity index (χ2n) is 10.3. The van der Waals surface area contributed by atoms with Crippen molar-refractivity contribution in [2.24, 2.45) is 0 Å². The van der Waals surface area contributed by atoms with Crippen LogP contribution < -0.4 is 0 Å². The molecule has 0 radical (unpaired) electrons. The summed E-state index contributed by atoms with van der Waals surface area (Å²) in [6.45, 7) is 15.3. The van der Waals surface area contributed by atoms with Gasteiger partial charge in [-0.2, -0.15) is 0 Å². The monoisotopic (exact) mass is 458 g/mol. The molecule has 9 heteroatoms. The Labute approximate surface area is 196 Å². The van der Waals surface area contributed by atoms with Gasteiger partial charge in [0.1, 0.15) is 11.3 Å². The minimum atomic E-state index is -0.723. The first-order valence-electron chi connectivity index (χ1n) is 11.5. The first-order chi connectivity index (χ1) is 15.3. The maximum atomic E-state index is 13.1. The molecule has 1 aliphatic rings. The van der Waals surface area contributed by atoms with Crippen LogP contribution in [-0.4, -0.2) is 52.1 Å². The van der Waals surface area contributed by atoms with Crippen molar-refractivity contribution < 1.29 is 28.4 Å². The van der Waals surface area contributed by atoms with Crippen LogP contribution in [0, 0.1) is 0 Å². The number of aromatic nitrogens is 2. The van der Waals surface area contributed by atoms with Gasteiger partial charge in [-0.3, -0.25) is 4.98 Å². The van der Waals surface area contributed by atoms with E-state index in [9.17, 15) is 9.59 Å². The number of aryl methyl sites for hydroxylation is 1. The van der Waals surface area contributed by atoms with Crippen LogP contribution in [0.2, 0.25) is 6.32 Å². The predicted molar refractivity (Wildman–Crippen MR) is 127 cm³/mol. The Kier molecular flexibility index (Phi) is 6.96. The third-order valence-corrected chi connectivity index (χ3v) is 6.04. The Bertz CT molecular complexity index is 1020. The number of esters is 1. The molecule has 0 aliphatic carbocycles. The largest absolute Gasteiger partial charge is 0.461 e. The van der Waals surface area contributed by atoms with Gasteiger partial charge in [-0.1, -0.05) is 6.42 Å². The molecule has 33 heavy (non-hydrogen) atoms. The molecule has 0 saturated carbocycles. The van der Waals surface area contributed by atoms with Gasteiger partial charge >= 0.3 is 19.2 Å². The molecule has 0 bridgehead atoms. The second-order valence-corrected chi connectivity index (χ2v) is 10.3. The van der Waals surface area contributed by atoms with E-state index in [1.54, 1.807) is 46.0 Å². The zero-order chi connectivity index (χ0) is 24.6. The highest BCUT2D eigenvalue weighted by Crippen LogP contribution is 2.38. The number of hydrogen-bond acceptors (Lipinski definition) is 7. The summed E-state index contributed by atoms with van der Waals surface area (Å²) >= 11 is 0. The summed E-state index contributed by atoms with van der Waals surface area (Å²) in [5.74, 6) is -0.577. The lowest BCUT2D eigenvalue weighted by molar-refractivity contribution is 0.00578. The quantitative estimate of drug-likeness (QED) is 0.444. The third kappa shape index (κ3) is 5.25. The van der Waals surface area contributed by atoms with Crippen molar-refractivity contribution in [2.45, 2.75) is 91.4 Å². The SMILES string of the molecule is CCOC(=O)c1c(CCCB2OC(C)(C)C(C)(C)O2)c2ncccc2n1C(=O)OC(C)(C)C. The highest BCUT2D eigenvalue weighted by Gasteiger charge is 2.50. The summed E-state index contributed by atoms with van der Waals surface area (Å²) in [6.07, 6.45) is 2.82. The maximum absolute atomic E-state index is 13.1. The number of nitrogens with zero attached hydrogens (tertiary/aromatic N) is 2. The van der Waals surface area contributed by atoms with Gasteiger partial charge in [-0.25, -0.2) is 14.2 Å². The molecule has 0 unspecified atom stereocenters. The molecule has 1 aliphatic heterocycles. The van der Waals surface area contributed by atoms with Gasteiger partial charge in [0.05, 0.1) is 28.8 Å². The van der Waals surface area contributed by atoms with E-state index in [1.165, 1.54) is 4.57 Å². The van der Waals surface area contributed by atoms with Gasteiger partial charge in [0, 0.05) is 11.8 Å². The van der Waals surface area contributed by atoms with E-state index >= 15 is 0 Å². The molecule has 3 heterocycles. The summed E-state index contributed by atoms with van der Waals surface area (Å²) < 4.78 is 24.4. The molecule has 1 fully saturated rings. The molecule has 0 aromatic carbocycles. The van der Waals surface area contributed by atoms with Crippen LogP contribution in [0.3, 0.4) is 0 Å². The van der Waals surface area contributed by atoms with Crippen LogP contribution in [0.25, 0.3) is 11.0 Å². The Morgan fingerprint density at radius 2 is 1.79 bits per heavy atom. The molecule has 2 aromatic rings. The van der Waals surface area contributed by atoms with E-state index in [0.717, 1.165) is 0 Å². The Hall–Kier alpha value is -2.39. The number of pyridine rings is 1. The van der Waals surface area contributed by atoms with E-state index in [2.05, 4.69) is 4.98 Å². The number of carbonyl (C=O) groups is 2. The fourth-order valence-corrected chi connectivity index (χ4v) is 3.85. The van der Waals surface area contributed by atoms with Gasteiger partial charge in [0.25, 0.3) is 0 Å². The summed E-state index contributed by atoms with van der Waals surface area (Å²) in [4.78, 5) is 30.6. The van der Waals surface area contributed by atoms with Crippen molar-refractivity contribution in [2.75, 3.05) is 6.61 Å². The molecule has 180 valence electrons. The fourth-order valence-electron chi connectivity index (χ4n) is 3.85. The molecule has 0 spiro atoms. The van der Waals surface area contributed by atoms with E-state index in [-0.39, 0.29) is 19.4 Å². The Morgan fingerprint density at radius 1 is 1.15 bits per heavy atom. The Morgan fingerprint density at radius 3 is 2.36 bits per heavy atom. The lowest BCUT2D eigenvalue weighted by Gasteiger charge is -2.32. The topological polar surface area (TPSA) is 88.9 Å². The summed E-state index contributed by atoms with van der Waals surface area (Å²) in [6, 6.07) is 3.49. The average Bonchev–Trinajstić information content (AvgIpc) is 3.11. The zero-order valence-electron chi connectivity index (χ0n) is 21.0. The number of ether oxygens (including phenoxy) is 2. The minimum absolute atomic E-state index is 0.161. The summed E-state index contributed by atoms with van der Waals surface area (Å²) in [5, 5.41) is 0. The summed E-state index contributed by atoms with van der Waals surface area (Å²) in [5.41, 5.74) is 0.393. The lowest BCUT2D eigenvalue weighted by atomic mass is 9.81. The molecule has 0 atom stereocenters. The standard InChI is InChI=1S/C24H35BN2O6/c1-9-30-20(28)19-16(12-10-14-25-32-23(5,6)24(7,8)33-25)18-17(13-11-15-26-18)27(19)21(29)31-22(2,3)4/h11,13,15H,9-10,12,14H2,1-8H3. The van der Waals surface area contributed by atoms with Crippen molar-refractivity contribution in [1.82, 2.24) is 9.55 Å². The lowest BCUT2D eigenvalue weighted by Crippen LogP contribution is -2.41. The van der Waals surface area contributed by atoms with E-state index in [0.29, 0.717) is 35.8 Å². The second kappa shape index (κ2) is 9.10. The number of rotatable bonds is 6. The zero-order valence-corrected chi connectivity index (χ0v) is 21.0. The normalized spacial score (nSPS) is 17.4. The van der Waals surface area contributed by atoms with Crippen LogP contribution in [0.5, 0.6) is 0 Å². The van der Waals surface area contributed by atoms with Crippen LogP contribution in [-0.2, 0) is 25.2 Å². The van der Waals surface area contributed by atoms with Crippen LogP contribution in [0.15, 0.2) is 18.3 Å². The van der Waals surface area contributed by atoms with Crippen molar-refractivity contribution in [3.05, 3.63) is 29.6 Å². The smallest absolute Gasteiger partial charge is 0.457 e. The van der Waals surface area contributed by atoms with Gasteiger partial charge in [0.15, 0.2) is 0 Å². The highest BCUT2D eigenvalue weighted by molar-refractivity contribution is 6.45. The number of hydrogen-bond donors (Lipinski definition) is 0. The molecule has 0 amide bonds. The van der Waals surface area contributed by atoms with E-state index in [4.69, 9.17) is 18.8 Å². The molecule has 8 nitrogen and oxygen atoms in total. The van der Waals surface area contributed by atoms with Crippen molar-refractivity contribution >= 4 is 30.2 Å². The van der Waals surface area contributed by atoms with E-state index < -0.39 is 28.9 Å². The molecule has 1 saturated heterocycles. The van der Waals surface area contributed by atoms with E-state index in [1.807, 2.05) is 27.7 Å². The van der Waals surface area contributed by atoms with Crippen molar-refractivity contribution in [1.29, 1.82) is 0 Å². The summed E-state index contributed by atoms with van der Waals surface area (Å²) in [7, 11) is -0.340. The first kappa shape index (κ1) is 25.2. The number of carbonyl (C=O) groups excluding carboxylic acids is 2. The van der Waals surface area contributed by atoms with Gasteiger partial charge in [-0.15, -0.1) is 0 Å². The van der Waals surface area contributed by atoms with Crippen LogP contribution in [0.4, 0.5) is 4.79 Å². The predicted octanol–water partition coefficient (Wildman–Crippen LogP) is 5.02.